The molecule has 1 atom stereocenters. The van der Waals surface area contributed by atoms with Gasteiger partial charge in [-0.1, -0.05) is 0 Å². The van der Waals surface area contributed by atoms with Crippen molar-refractivity contribution >= 4 is 34.9 Å². The van der Waals surface area contributed by atoms with Gasteiger partial charge < -0.3 is 5.11 Å². The van der Waals surface area contributed by atoms with E-state index in [1.165, 1.54) is 11.5 Å². The number of nitrogens with zero attached hydrogens (tertiary/aromatic N) is 1. The maximum Gasteiger partial charge on any atom is 0.222 e. The molecular formula is C7H9NOS3. The molecule has 5 heteroatoms. The third kappa shape index (κ3) is 1.89. The van der Waals surface area contributed by atoms with Crippen LogP contribution in [0.3, 0.4) is 0 Å². The molecule has 1 aliphatic rings. The molecule has 0 radical (unpaired) electrons. The summed E-state index contributed by atoms with van der Waals surface area (Å²) in [7, 11) is 0. The Labute approximate surface area is 83.8 Å². The van der Waals surface area contributed by atoms with Crippen molar-refractivity contribution in [3.05, 3.63) is 10.4 Å². The van der Waals surface area contributed by atoms with Gasteiger partial charge in [-0.3, -0.25) is 0 Å². The van der Waals surface area contributed by atoms with Crippen molar-refractivity contribution < 1.29 is 5.11 Å². The summed E-state index contributed by atoms with van der Waals surface area (Å²) < 4.78 is 0. The Morgan fingerprint density at radius 3 is 3.00 bits per heavy atom. The van der Waals surface area contributed by atoms with Crippen LogP contribution in [-0.4, -0.2) is 27.3 Å². The summed E-state index contributed by atoms with van der Waals surface area (Å²) in [5.74, 6) is 3.76. The Kier molecular flexibility index (Phi) is 2.83. The quantitative estimate of drug-likeness (QED) is 0.786. The second-order valence-corrected chi connectivity index (χ2v) is 5.83. The van der Waals surface area contributed by atoms with Crippen LogP contribution in [0.25, 0.3) is 0 Å². The number of thiazole rings is 1. The van der Waals surface area contributed by atoms with Crippen LogP contribution < -0.4 is 0 Å². The first-order chi connectivity index (χ1) is 5.86. The van der Waals surface area contributed by atoms with Crippen molar-refractivity contribution in [2.75, 3.05) is 17.3 Å². The third-order valence-electron chi connectivity index (χ3n) is 1.60. The lowest BCUT2D eigenvalue weighted by Crippen LogP contribution is -2.05. The van der Waals surface area contributed by atoms with Crippen molar-refractivity contribution in [3.8, 4) is 5.88 Å². The van der Waals surface area contributed by atoms with Crippen LogP contribution in [0.1, 0.15) is 10.3 Å². The Morgan fingerprint density at radius 1 is 1.50 bits per heavy atom. The van der Waals surface area contributed by atoms with E-state index >= 15 is 0 Å². The first-order valence-corrected chi connectivity index (χ1v) is 6.78. The van der Waals surface area contributed by atoms with E-state index in [-0.39, 0.29) is 5.88 Å². The Hall–Kier alpha value is 0.130. The van der Waals surface area contributed by atoms with E-state index in [9.17, 15) is 0 Å². The highest BCUT2D eigenvalue weighted by Crippen LogP contribution is 2.38. The van der Waals surface area contributed by atoms with E-state index in [2.05, 4.69) is 4.98 Å². The number of rotatable bonds is 1. The van der Waals surface area contributed by atoms with Gasteiger partial charge in [-0.25, -0.2) is 4.98 Å². The van der Waals surface area contributed by atoms with Crippen molar-refractivity contribution in [1.82, 2.24) is 4.98 Å². The second kappa shape index (κ2) is 3.89. The molecule has 1 aliphatic heterocycles. The predicted octanol–water partition coefficient (Wildman–Crippen LogP) is 2.37. The standard InChI is InChI=1S/C7H9NOS3/c9-6-4-12-7(8-6)5-3-10-1-2-11-5/h4-5,9H,1-3H2. The van der Waals surface area contributed by atoms with Gasteiger partial charge in [0.2, 0.25) is 5.88 Å². The number of aromatic nitrogens is 1. The first kappa shape index (κ1) is 8.72. The fourth-order valence-corrected chi connectivity index (χ4v) is 4.74. The third-order valence-corrected chi connectivity index (χ3v) is 5.46. The van der Waals surface area contributed by atoms with Crippen molar-refractivity contribution in [1.29, 1.82) is 0 Å². The average molecular weight is 219 g/mol. The zero-order valence-electron chi connectivity index (χ0n) is 6.40. The summed E-state index contributed by atoms with van der Waals surface area (Å²) in [6.45, 7) is 0. The van der Waals surface area contributed by atoms with Crippen LogP contribution in [0, 0.1) is 0 Å². The van der Waals surface area contributed by atoms with Crippen molar-refractivity contribution in [3.63, 3.8) is 0 Å². The van der Waals surface area contributed by atoms with Crippen LogP contribution in [-0.2, 0) is 0 Å². The molecule has 2 nitrogen and oxygen atoms in total. The zero-order chi connectivity index (χ0) is 8.39. The van der Waals surface area contributed by atoms with Crippen LogP contribution in [0.15, 0.2) is 5.38 Å². The smallest absolute Gasteiger partial charge is 0.222 e. The van der Waals surface area contributed by atoms with Gasteiger partial charge in [0.1, 0.15) is 5.01 Å². The minimum Gasteiger partial charge on any atom is -0.493 e. The number of aromatic hydroxyl groups is 1. The maximum atomic E-state index is 9.07. The maximum absolute atomic E-state index is 9.07. The van der Waals surface area contributed by atoms with Crippen LogP contribution >= 0.6 is 34.9 Å². The van der Waals surface area contributed by atoms with Gasteiger partial charge in [0.15, 0.2) is 0 Å². The first-order valence-electron chi connectivity index (χ1n) is 3.70. The molecule has 1 N–H and O–H groups in total. The van der Waals surface area contributed by atoms with Gasteiger partial charge in [-0.15, -0.1) is 23.1 Å². The molecule has 1 saturated heterocycles. The molecule has 0 spiro atoms. The monoisotopic (exact) mass is 219 g/mol. The normalized spacial score (nSPS) is 24.2. The van der Waals surface area contributed by atoms with Gasteiger partial charge >= 0.3 is 0 Å². The molecule has 2 rings (SSSR count). The summed E-state index contributed by atoms with van der Waals surface area (Å²) in [6, 6.07) is 0. The Morgan fingerprint density at radius 2 is 2.42 bits per heavy atom. The molecule has 1 fully saturated rings. The molecule has 12 heavy (non-hydrogen) atoms. The Bertz CT molecular complexity index is 257. The average Bonchev–Trinajstić information content (AvgIpc) is 2.54. The minimum absolute atomic E-state index is 0.172. The highest BCUT2D eigenvalue weighted by Gasteiger charge is 2.19. The number of hydrogen-bond acceptors (Lipinski definition) is 5. The Balaban J connectivity index is 2.08. The topological polar surface area (TPSA) is 33.1 Å². The molecule has 1 unspecified atom stereocenters. The molecule has 1 aromatic heterocycles. The van der Waals surface area contributed by atoms with Crippen molar-refractivity contribution in [2.45, 2.75) is 5.25 Å². The van der Waals surface area contributed by atoms with Crippen LogP contribution in [0.5, 0.6) is 5.88 Å². The lowest BCUT2D eigenvalue weighted by molar-refractivity contribution is 0.456. The number of thioether (sulfide) groups is 2. The summed E-state index contributed by atoms with van der Waals surface area (Å²) in [5, 5.41) is 12.4. The van der Waals surface area contributed by atoms with Crippen molar-refractivity contribution in [2.24, 2.45) is 0 Å². The minimum atomic E-state index is 0.172. The molecule has 1 aromatic rings. The molecule has 2 heterocycles. The number of hydrogen-bond donors (Lipinski definition) is 1. The van der Waals surface area contributed by atoms with E-state index in [0.29, 0.717) is 5.25 Å². The van der Waals surface area contributed by atoms with Crippen LogP contribution in [0.2, 0.25) is 0 Å². The molecule has 0 amide bonds. The lowest BCUT2D eigenvalue weighted by atomic mass is 10.5. The molecule has 0 saturated carbocycles. The van der Waals surface area contributed by atoms with E-state index in [4.69, 9.17) is 5.11 Å². The van der Waals surface area contributed by atoms with Gasteiger partial charge in [-0.05, 0) is 0 Å². The van der Waals surface area contributed by atoms with Gasteiger partial charge in [-0.2, -0.15) is 11.8 Å². The molecule has 66 valence electrons. The van der Waals surface area contributed by atoms with Gasteiger partial charge in [0.05, 0.1) is 10.6 Å². The summed E-state index contributed by atoms with van der Waals surface area (Å²) in [4.78, 5) is 4.07. The van der Waals surface area contributed by atoms with E-state index in [0.717, 1.165) is 10.8 Å². The highest BCUT2D eigenvalue weighted by atomic mass is 32.2. The van der Waals surface area contributed by atoms with Gasteiger partial charge in [0.25, 0.3) is 0 Å². The molecule has 0 aromatic carbocycles. The predicted molar refractivity (Wildman–Crippen MR) is 56.3 cm³/mol. The van der Waals surface area contributed by atoms with Gasteiger partial charge in [0, 0.05) is 17.3 Å². The summed E-state index contributed by atoms with van der Waals surface area (Å²) in [6.07, 6.45) is 0. The fraction of sp³-hybridized carbons (Fsp3) is 0.571. The fourth-order valence-electron chi connectivity index (χ4n) is 1.06. The van der Waals surface area contributed by atoms with E-state index in [1.807, 2.05) is 23.5 Å². The highest BCUT2D eigenvalue weighted by molar-refractivity contribution is 8.06. The second-order valence-electron chi connectivity index (χ2n) is 2.48. The van der Waals surface area contributed by atoms with E-state index < -0.39 is 0 Å². The molecular weight excluding hydrogens is 210 g/mol. The summed E-state index contributed by atoms with van der Waals surface area (Å²) >= 11 is 5.48. The van der Waals surface area contributed by atoms with E-state index in [1.54, 1.807) is 16.7 Å². The SMILES string of the molecule is Oc1csc(C2CSCCS2)n1. The lowest BCUT2D eigenvalue weighted by Gasteiger charge is -2.18. The molecule has 0 bridgehead atoms. The zero-order valence-corrected chi connectivity index (χ0v) is 8.84. The largest absolute Gasteiger partial charge is 0.493 e. The summed E-state index contributed by atoms with van der Waals surface area (Å²) in [5.41, 5.74) is 0. The molecule has 0 aliphatic carbocycles. The van der Waals surface area contributed by atoms with Crippen LogP contribution in [0.4, 0.5) is 0 Å².